The topological polar surface area (TPSA) is 60.4 Å². The number of aryl methyl sites for hydroxylation is 2. The molecular weight excluding hydrogens is 444 g/mol. The summed E-state index contributed by atoms with van der Waals surface area (Å²) in [6, 6.07) is 24.0. The van der Waals surface area contributed by atoms with Gasteiger partial charge in [0.1, 0.15) is 16.8 Å². The summed E-state index contributed by atoms with van der Waals surface area (Å²) in [6.07, 6.45) is 0.896. The van der Waals surface area contributed by atoms with Crippen LogP contribution < -0.4 is 0 Å². The van der Waals surface area contributed by atoms with E-state index in [-0.39, 0.29) is 15.6 Å². The molecule has 1 aliphatic heterocycles. The lowest BCUT2D eigenvalue weighted by Crippen LogP contribution is -2.22. The molecule has 0 N–H and O–H groups in total. The summed E-state index contributed by atoms with van der Waals surface area (Å²) >= 11 is 0. The summed E-state index contributed by atoms with van der Waals surface area (Å²) in [6.45, 7) is 7.21. The SMILES string of the molecule is CC(=O)/C=C(/C)[C@H]1OC(c2ccccc2)=C(S(=O)(=O)c2ccc(C)cc2)[C@@H]1c1ccc(C)cc1. The molecule has 0 fully saturated rings. The van der Waals surface area contributed by atoms with Crippen molar-refractivity contribution in [2.45, 2.75) is 44.6 Å². The summed E-state index contributed by atoms with van der Waals surface area (Å²) in [5.74, 6) is -0.384. The van der Waals surface area contributed by atoms with Crippen molar-refractivity contribution in [1.29, 1.82) is 0 Å². The number of carbonyl (C=O) groups is 1. The zero-order chi connectivity index (χ0) is 24.5. The molecule has 1 heterocycles. The van der Waals surface area contributed by atoms with Gasteiger partial charge >= 0.3 is 0 Å². The molecule has 0 spiro atoms. The number of benzene rings is 3. The zero-order valence-electron chi connectivity index (χ0n) is 19.8. The van der Waals surface area contributed by atoms with E-state index in [0.717, 1.165) is 16.7 Å². The van der Waals surface area contributed by atoms with Gasteiger partial charge in [-0.05, 0) is 57.0 Å². The van der Waals surface area contributed by atoms with Gasteiger partial charge < -0.3 is 4.74 Å². The van der Waals surface area contributed by atoms with Crippen LogP contribution in [0.2, 0.25) is 0 Å². The van der Waals surface area contributed by atoms with Crippen molar-refractivity contribution in [2.75, 3.05) is 0 Å². The molecule has 0 saturated heterocycles. The third kappa shape index (κ3) is 4.62. The Hall–Kier alpha value is -3.44. The smallest absolute Gasteiger partial charge is 0.207 e. The number of rotatable bonds is 6. The lowest BCUT2D eigenvalue weighted by atomic mass is 9.89. The van der Waals surface area contributed by atoms with Gasteiger partial charge in [-0.15, -0.1) is 0 Å². The molecule has 0 amide bonds. The van der Waals surface area contributed by atoms with Crippen LogP contribution in [0.15, 0.2) is 100 Å². The van der Waals surface area contributed by atoms with Crippen molar-refractivity contribution in [2.24, 2.45) is 0 Å². The third-order valence-electron chi connectivity index (χ3n) is 6.03. The molecule has 174 valence electrons. The molecular formula is C29H28O4S. The van der Waals surface area contributed by atoms with E-state index < -0.39 is 21.9 Å². The van der Waals surface area contributed by atoms with Crippen LogP contribution in [0, 0.1) is 13.8 Å². The Balaban J connectivity index is 2.01. The standard InChI is InChI=1S/C29H28O4S/c1-19-10-14-23(15-11-19)26-27(21(3)18-22(4)30)33-28(24-8-6-5-7-9-24)29(26)34(31,32)25-16-12-20(2)13-17-25/h5-18,26-27H,1-4H3/b21-18-/t26-,27-/m1/s1. The highest BCUT2D eigenvalue weighted by atomic mass is 32.2. The van der Waals surface area contributed by atoms with Crippen LogP contribution in [0.4, 0.5) is 0 Å². The second-order valence-corrected chi connectivity index (χ2v) is 10.7. The van der Waals surface area contributed by atoms with E-state index in [1.807, 2.05) is 75.4 Å². The van der Waals surface area contributed by atoms with Gasteiger partial charge in [-0.1, -0.05) is 77.9 Å². The van der Waals surface area contributed by atoms with E-state index in [9.17, 15) is 13.2 Å². The Morgan fingerprint density at radius 2 is 1.38 bits per heavy atom. The monoisotopic (exact) mass is 472 g/mol. The van der Waals surface area contributed by atoms with E-state index in [0.29, 0.717) is 16.9 Å². The summed E-state index contributed by atoms with van der Waals surface area (Å²) < 4.78 is 34.7. The Bertz CT molecular complexity index is 1360. The Morgan fingerprint density at radius 3 is 1.94 bits per heavy atom. The van der Waals surface area contributed by atoms with Crippen molar-refractivity contribution in [3.63, 3.8) is 0 Å². The predicted molar refractivity (Wildman–Crippen MR) is 135 cm³/mol. The van der Waals surface area contributed by atoms with Crippen LogP contribution in [-0.2, 0) is 19.4 Å². The summed E-state index contributed by atoms with van der Waals surface area (Å²) in [7, 11) is -3.91. The molecule has 0 bridgehead atoms. The fourth-order valence-electron chi connectivity index (χ4n) is 4.32. The van der Waals surface area contributed by atoms with Gasteiger partial charge in [0.2, 0.25) is 9.84 Å². The molecule has 0 aliphatic carbocycles. The van der Waals surface area contributed by atoms with E-state index in [1.54, 1.807) is 24.3 Å². The fraction of sp³-hybridized carbons (Fsp3) is 0.207. The van der Waals surface area contributed by atoms with Crippen LogP contribution in [0.1, 0.15) is 42.0 Å². The number of sulfone groups is 1. The highest BCUT2D eigenvalue weighted by Gasteiger charge is 2.45. The number of ketones is 1. The number of ether oxygens (including phenoxy) is 1. The largest absolute Gasteiger partial charge is 0.483 e. The summed E-state index contributed by atoms with van der Waals surface area (Å²) in [5, 5.41) is 0. The van der Waals surface area contributed by atoms with Gasteiger partial charge in [0, 0.05) is 5.56 Å². The van der Waals surface area contributed by atoms with Crippen LogP contribution in [0.25, 0.3) is 5.76 Å². The molecule has 0 saturated carbocycles. The maximum absolute atomic E-state index is 14.1. The van der Waals surface area contributed by atoms with Crippen LogP contribution in [0.5, 0.6) is 0 Å². The normalized spacial score (nSPS) is 18.6. The molecule has 2 atom stereocenters. The van der Waals surface area contributed by atoms with Crippen LogP contribution >= 0.6 is 0 Å². The fourth-order valence-corrected chi connectivity index (χ4v) is 6.08. The second-order valence-electron chi connectivity index (χ2n) is 8.80. The first-order valence-electron chi connectivity index (χ1n) is 11.2. The van der Waals surface area contributed by atoms with Gasteiger partial charge in [0.15, 0.2) is 5.78 Å². The molecule has 0 radical (unpaired) electrons. The summed E-state index contributed by atoms with van der Waals surface area (Å²) in [4.78, 5) is 12.4. The Labute approximate surface area is 201 Å². The molecule has 34 heavy (non-hydrogen) atoms. The Morgan fingerprint density at radius 1 is 0.824 bits per heavy atom. The predicted octanol–water partition coefficient (Wildman–Crippen LogP) is 6.16. The first kappa shape index (κ1) is 23.7. The minimum Gasteiger partial charge on any atom is -0.483 e. The first-order chi connectivity index (χ1) is 16.2. The van der Waals surface area contributed by atoms with Crippen molar-refractivity contribution >= 4 is 21.4 Å². The average Bonchev–Trinajstić information content (AvgIpc) is 3.22. The lowest BCUT2D eigenvalue weighted by molar-refractivity contribution is -0.112. The average molecular weight is 473 g/mol. The van der Waals surface area contributed by atoms with Crippen molar-refractivity contribution in [3.8, 4) is 0 Å². The number of hydrogen-bond acceptors (Lipinski definition) is 4. The minimum atomic E-state index is -3.91. The van der Waals surface area contributed by atoms with Crippen LogP contribution in [-0.4, -0.2) is 20.3 Å². The van der Waals surface area contributed by atoms with Gasteiger partial charge in [-0.2, -0.15) is 0 Å². The molecule has 5 heteroatoms. The molecule has 0 unspecified atom stereocenters. The number of hydrogen-bond donors (Lipinski definition) is 0. The molecule has 4 nitrogen and oxygen atoms in total. The first-order valence-corrected chi connectivity index (χ1v) is 12.7. The maximum Gasteiger partial charge on any atom is 0.207 e. The van der Waals surface area contributed by atoms with Gasteiger partial charge in [-0.25, -0.2) is 8.42 Å². The van der Waals surface area contributed by atoms with E-state index in [2.05, 4.69) is 0 Å². The molecule has 3 aromatic carbocycles. The maximum atomic E-state index is 14.1. The van der Waals surface area contributed by atoms with Crippen molar-refractivity contribution in [1.82, 2.24) is 0 Å². The van der Waals surface area contributed by atoms with Gasteiger partial charge in [0.25, 0.3) is 0 Å². The number of allylic oxidation sites excluding steroid dienone is 1. The number of carbonyl (C=O) groups excluding carboxylic acids is 1. The zero-order valence-corrected chi connectivity index (χ0v) is 20.6. The minimum absolute atomic E-state index is 0.111. The second kappa shape index (κ2) is 9.43. The van der Waals surface area contributed by atoms with Crippen LogP contribution in [0.3, 0.4) is 0 Å². The van der Waals surface area contributed by atoms with Gasteiger partial charge in [-0.3, -0.25) is 4.79 Å². The van der Waals surface area contributed by atoms with E-state index in [1.165, 1.54) is 13.0 Å². The van der Waals surface area contributed by atoms with Crippen molar-refractivity contribution in [3.05, 3.63) is 118 Å². The molecule has 1 aliphatic rings. The Kier molecular flexibility index (Phi) is 6.58. The lowest BCUT2D eigenvalue weighted by Gasteiger charge is -2.23. The highest BCUT2D eigenvalue weighted by molar-refractivity contribution is 7.95. The van der Waals surface area contributed by atoms with Gasteiger partial charge in [0.05, 0.1) is 10.8 Å². The third-order valence-corrected chi connectivity index (χ3v) is 7.94. The van der Waals surface area contributed by atoms with Crippen molar-refractivity contribution < 1.29 is 17.9 Å². The highest BCUT2D eigenvalue weighted by Crippen LogP contribution is 2.49. The summed E-state index contributed by atoms with van der Waals surface area (Å²) in [5.41, 5.74) is 4.24. The van der Waals surface area contributed by atoms with E-state index >= 15 is 0 Å². The molecule has 0 aromatic heterocycles. The molecule has 3 aromatic rings. The van der Waals surface area contributed by atoms with E-state index in [4.69, 9.17) is 4.74 Å². The quantitative estimate of drug-likeness (QED) is 0.403. The molecule has 4 rings (SSSR count).